The van der Waals surface area contributed by atoms with Crippen LogP contribution in [-0.2, 0) is 9.59 Å². The van der Waals surface area contributed by atoms with E-state index in [9.17, 15) is 29.1 Å². The average molecular weight is 488 g/mol. The van der Waals surface area contributed by atoms with Crippen molar-refractivity contribution >= 4 is 51.4 Å². The van der Waals surface area contributed by atoms with Crippen molar-refractivity contribution in [1.82, 2.24) is 14.4 Å². The molecule has 0 spiro atoms. The van der Waals surface area contributed by atoms with Gasteiger partial charge < -0.3 is 19.5 Å². The molecular weight excluding hydrogens is 467 g/mol. The van der Waals surface area contributed by atoms with Crippen LogP contribution in [0.25, 0.3) is 10.9 Å². The minimum absolute atomic E-state index is 0.0275. The molecule has 1 aliphatic carbocycles. The van der Waals surface area contributed by atoms with Gasteiger partial charge in [0.2, 0.25) is 17.2 Å². The van der Waals surface area contributed by atoms with Gasteiger partial charge in [0.1, 0.15) is 17.9 Å². The summed E-state index contributed by atoms with van der Waals surface area (Å²) in [6, 6.07) is 2.74. The number of aromatic carboxylic acids is 1. The van der Waals surface area contributed by atoms with Gasteiger partial charge >= 0.3 is 5.97 Å². The van der Waals surface area contributed by atoms with E-state index < -0.39 is 22.5 Å². The lowest BCUT2D eigenvalue weighted by Crippen LogP contribution is -2.52. The number of carbonyl (C=O) groups excluding carboxylic acids is 3. The number of carboxylic acid groups (broad SMARTS) is 1. The highest BCUT2D eigenvalue weighted by Crippen LogP contribution is 2.38. The van der Waals surface area contributed by atoms with Crippen LogP contribution in [-0.4, -0.2) is 81.0 Å². The quantitative estimate of drug-likeness (QED) is 0.673. The molecule has 1 N–H and O–H groups in total. The number of anilines is 1. The van der Waals surface area contributed by atoms with Crippen LogP contribution in [0.15, 0.2) is 23.1 Å². The fraction of sp³-hybridized carbons (Fsp3) is 0.409. The number of pyridine rings is 1. The van der Waals surface area contributed by atoms with Crippen molar-refractivity contribution in [1.29, 1.82) is 0 Å². The number of fused-ring (bicyclic) bond motifs is 1. The standard InChI is InChI=1S/C22H21FN4O6S/c23-15-7-13-16(26(12-1-2-12)9-14(20(13)30)21(31)32)8-17(15)24-3-5-25(6-4-24)18(28)10-27-19(29)11-34-22(27)33/h7-9,12H,1-6,10-11H2,(H,31,32). The van der Waals surface area contributed by atoms with Crippen molar-refractivity contribution in [3.8, 4) is 0 Å². The first kappa shape index (κ1) is 22.4. The summed E-state index contributed by atoms with van der Waals surface area (Å²) in [6.07, 6.45) is 3.04. The fourth-order valence-electron chi connectivity index (χ4n) is 4.37. The summed E-state index contributed by atoms with van der Waals surface area (Å²) in [7, 11) is 0. The van der Waals surface area contributed by atoms with Crippen LogP contribution in [0.1, 0.15) is 29.2 Å². The maximum atomic E-state index is 15.1. The summed E-state index contributed by atoms with van der Waals surface area (Å²) in [6.45, 7) is 0.923. The second kappa shape index (κ2) is 8.42. The smallest absolute Gasteiger partial charge is 0.341 e. The predicted molar refractivity (Wildman–Crippen MR) is 122 cm³/mol. The molecule has 0 bridgehead atoms. The molecule has 1 aromatic carbocycles. The lowest BCUT2D eigenvalue weighted by atomic mass is 10.1. The molecule has 3 amide bonds. The van der Waals surface area contributed by atoms with E-state index in [1.54, 1.807) is 15.5 Å². The Morgan fingerprint density at radius 1 is 1.09 bits per heavy atom. The van der Waals surface area contributed by atoms with Gasteiger partial charge in [0.15, 0.2) is 0 Å². The Bertz CT molecular complexity index is 1280. The van der Waals surface area contributed by atoms with Crippen LogP contribution in [0.2, 0.25) is 0 Å². The number of amides is 3. The summed E-state index contributed by atoms with van der Waals surface area (Å²) in [5.74, 6) is -2.66. The normalized spacial score (nSPS) is 18.8. The number of piperazine rings is 1. The molecular formula is C22H21FN4O6S. The van der Waals surface area contributed by atoms with Gasteiger partial charge in [-0.2, -0.15) is 0 Å². The molecule has 5 rings (SSSR count). The molecule has 12 heteroatoms. The zero-order chi connectivity index (χ0) is 24.1. The summed E-state index contributed by atoms with van der Waals surface area (Å²) in [5.41, 5.74) is -0.342. The molecule has 34 heavy (non-hydrogen) atoms. The Labute approximate surface area is 196 Å². The van der Waals surface area contributed by atoms with Crippen molar-refractivity contribution in [2.45, 2.75) is 18.9 Å². The van der Waals surface area contributed by atoms with Crippen LogP contribution in [0.3, 0.4) is 0 Å². The first-order valence-corrected chi connectivity index (χ1v) is 11.8. The Hall–Kier alpha value is -3.41. The SMILES string of the molecule is O=C(O)c1cn(C2CC2)c2cc(N3CCN(C(=O)CN4C(=O)CSC4=O)CC3)c(F)cc2c1=O. The molecule has 3 fully saturated rings. The number of carbonyl (C=O) groups is 4. The van der Waals surface area contributed by atoms with Gasteiger partial charge in [-0.3, -0.25) is 24.1 Å². The van der Waals surface area contributed by atoms with Crippen LogP contribution in [0, 0.1) is 5.82 Å². The van der Waals surface area contributed by atoms with Crippen molar-refractivity contribution in [2.24, 2.45) is 0 Å². The number of hydrogen-bond acceptors (Lipinski definition) is 7. The molecule has 2 aromatic rings. The fourth-order valence-corrected chi connectivity index (χ4v) is 5.10. The molecule has 1 saturated carbocycles. The maximum Gasteiger partial charge on any atom is 0.341 e. The van der Waals surface area contributed by atoms with Crippen LogP contribution in [0.4, 0.5) is 14.9 Å². The van der Waals surface area contributed by atoms with E-state index in [2.05, 4.69) is 0 Å². The van der Waals surface area contributed by atoms with Gasteiger partial charge in [0.25, 0.3) is 5.24 Å². The minimum atomic E-state index is -1.34. The summed E-state index contributed by atoms with van der Waals surface area (Å²) >= 11 is 0.873. The van der Waals surface area contributed by atoms with E-state index >= 15 is 4.39 Å². The zero-order valence-corrected chi connectivity index (χ0v) is 18.8. The molecule has 2 saturated heterocycles. The number of thioether (sulfide) groups is 1. The minimum Gasteiger partial charge on any atom is -0.477 e. The Morgan fingerprint density at radius 3 is 2.38 bits per heavy atom. The molecule has 3 heterocycles. The van der Waals surface area contributed by atoms with E-state index in [4.69, 9.17) is 0 Å². The molecule has 2 aliphatic heterocycles. The first-order valence-electron chi connectivity index (χ1n) is 10.9. The number of carboxylic acids is 1. The first-order chi connectivity index (χ1) is 16.2. The average Bonchev–Trinajstić information content (AvgIpc) is 3.61. The number of hydrogen-bond donors (Lipinski definition) is 1. The Morgan fingerprint density at radius 2 is 1.79 bits per heavy atom. The van der Waals surface area contributed by atoms with E-state index in [0.29, 0.717) is 18.6 Å². The predicted octanol–water partition coefficient (Wildman–Crippen LogP) is 1.52. The number of benzene rings is 1. The molecule has 0 unspecified atom stereocenters. The summed E-state index contributed by atoms with van der Waals surface area (Å²) in [4.78, 5) is 64.5. The number of imide groups is 1. The highest BCUT2D eigenvalue weighted by atomic mass is 32.2. The lowest BCUT2D eigenvalue weighted by Gasteiger charge is -2.36. The molecule has 3 aliphatic rings. The Balaban J connectivity index is 1.37. The van der Waals surface area contributed by atoms with E-state index in [1.807, 2.05) is 0 Å². The van der Waals surface area contributed by atoms with E-state index in [0.717, 1.165) is 35.6 Å². The zero-order valence-electron chi connectivity index (χ0n) is 18.0. The van der Waals surface area contributed by atoms with Gasteiger partial charge in [0, 0.05) is 43.8 Å². The third-order valence-electron chi connectivity index (χ3n) is 6.38. The highest BCUT2D eigenvalue weighted by Gasteiger charge is 2.34. The molecule has 0 radical (unpaired) electrons. The topological polar surface area (TPSA) is 120 Å². The maximum absolute atomic E-state index is 15.1. The summed E-state index contributed by atoms with van der Waals surface area (Å²) in [5, 5.41) is 8.98. The van der Waals surface area contributed by atoms with Crippen LogP contribution in [0.5, 0.6) is 0 Å². The van der Waals surface area contributed by atoms with Crippen molar-refractivity contribution in [3.63, 3.8) is 0 Å². The largest absolute Gasteiger partial charge is 0.477 e. The van der Waals surface area contributed by atoms with Gasteiger partial charge in [-0.05, 0) is 25.0 Å². The molecule has 178 valence electrons. The van der Waals surface area contributed by atoms with Gasteiger partial charge in [-0.1, -0.05) is 11.8 Å². The lowest BCUT2D eigenvalue weighted by molar-refractivity contribution is -0.136. The third-order valence-corrected chi connectivity index (χ3v) is 7.24. The van der Waals surface area contributed by atoms with E-state index in [1.165, 1.54) is 11.1 Å². The van der Waals surface area contributed by atoms with Crippen molar-refractivity contribution in [3.05, 3.63) is 39.9 Å². The van der Waals surface area contributed by atoms with Gasteiger partial charge in [-0.15, -0.1) is 0 Å². The Kier molecular flexibility index (Phi) is 5.54. The highest BCUT2D eigenvalue weighted by molar-refractivity contribution is 8.14. The number of halogens is 1. The second-order valence-corrected chi connectivity index (χ2v) is 9.47. The van der Waals surface area contributed by atoms with Gasteiger partial charge in [0.05, 0.1) is 17.0 Å². The molecule has 0 atom stereocenters. The van der Waals surface area contributed by atoms with Crippen LogP contribution >= 0.6 is 11.8 Å². The van der Waals surface area contributed by atoms with Crippen LogP contribution < -0.4 is 10.3 Å². The molecule has 1 aromatic heterocycles. The van der Waals surface area contributed by atoms with E-state index in [-0.39, 0.29) is 59.9 Å². The van der Waals surface area contributed by atoms with Crippen molar-refractivity contribution in [2.75, 3.05) is 43.4 Å². The number of aromatic nitrogens is 1. The second-order valence-electron chi connectivity index (χ2n) is 8.54. The molecule has 10 nitrogen and oxygen atoms in total. The monoisotopic (exact) mass is 488 g/mol. The van der Waals surface area contributed by atoms with Crippen molar-refractivity contribution < 1.29 is 28.7 Å². The van der Waals surface area contributed by atoms with Gasteiger partial charge in [-0.25, -0.2) is 9.18 Å². The third kappa shape index (κ3) is 3.91. The summed E-state index contributed by atoms with van der Waals surface area (Å²) < 4.78 is 16.8. The number of rotatable bonds is 5. The number of nitrogens with zero attached hydrogens (tertiary/aromatic N) is 4.